The molecule has 10 nitrogen and oxygen atoms in total. The van der Waals surface area contributed by atoms with Crippen LogP contribution in [0.15, 0.2) is 85.1 Å². The van der Waals surface area contributed by atoms with E-state index in [1.807, 2.05) is 61.5 Å². The quantitative estimate of drug-likeness (QED) is 0.173. The normalized spacial score (nSPS) is 13.0. The Morgan fingerprint density at radius 2 is 1.60 bits per heavy atom. The Bertz CT molecular complexity index is 1570. The molecule has 0 saturated carbocycles. The summed E-state index contributed by atoms with van der Waals surface area (Å²) in [6.07, 6.45) is 1.97. The number of rotatable bonds is 13. The molecule has 0 fully saturated rings. The van der Waals surface area contributed by atoms with E-state index in [2.05, 4.69) is 15.6 Å². The fourth-order valence-electron chi connectivity index (χ4n) is 4.63. The van der Waals surface area contributed by atoms with Crippen LogP contribution in [-0.4, -0.2) is 47.0 Å². The molecule has 2 atom stereocenters. The summed E-state index contributed by atoms with van der Waals surface area (Å²) >= 11 is 0. The van der Waals surface area contributed by atoms with E-state index in [9.17, 15) is 19.2 Å². The zero-order valence-electron chi connectivity index (χ0n) is 24.2. The lowest BCUT2D eigenvalue weighted by Crippen LogP contribution is -2.61. The van der Waals surface area contributed by atoms with Gasteiger partial charge in [-0.05, 0) is 48.2 Å². The van der Waals surface area contributed by atoms with Crippen LogP contribution in [0.1, 0.15) is 47.3 Å². The molecule has 1 heterocycles. The van der Waals surface area contributed by atoms with Crippen molar-refractivity contribution in [1.82, 2.24) is 15.6 Å². The van der Waals surface area contributed by atoms with Gasteiger partial charge in [0, 0.05) is 29.9 Å². The van der Waals surface area contributed by atoms with Crippen LogP contribution < -0.4 is 16.4 Å². The molecule has 0 saturated heterocycles. The Labute approximate surface area is 249 Å². The Morgan fingerprint density at radius 3 is 2.30 bits per heavy atom. The average molecular weight is 585 g/mol. The minimum absolute atomic E-state index is 0.0927. The predicted octanol–water partition coefficient (Wildman–Crippen LogP) is 4.18. The van der Waals surface area contributed by atoms with Gasteiger partial charge in [-0.3, -0.25) is 9.59 Å². The van der Waals surface area contributed by atoms with Gasteiger partial charge in [0.25, 0.3) is 0 Å². The van der Waals surface area contributed by atoms with Crippen molar-refractivity contribution in [2.45, 2.75) is 51.3 Å². The van der Waals surface area contributed by atoms with Gasteiger partial charge in [0.15, 0.2) is 0 Å². The summed E-state index contributed by atoms with van der Waals surface area (Å²) in [6.45, 7) is 3.71. The Hall–Kier alpha value is -5.12. The molecule has 43 heavy (non-hydrogen) atoms. The smallest absolute Gasteiger partial charge is 0.408 e. The van der Waals surface area contributed by atoms with Crippen LogP contribution in [0.3, 0.4) is 0 Å². The zero-order valence-corrected chi connectivity index (χ0v) is 24.2. The largest absolute Gasteiger partial charge is 0.462 e. The molecule has 3 amide bonds. The molecule has 1 aromatic heterocycles. The van der Waals surface area contributed by atoms with Crippen molar-refractivity contribution in [3.63, 3.8) is 0 Å². The molecule has 0 spiro atoms. The SMILES string of the molecule is CCCOC(=O)c1ccc(COC(=O)N[C@@H](Cc2c[nH]c3ccccc23)C(=O)N[C@](C)(Cc2ccccc2)C(N)=O)cc1. The van der Waals surface area contributed by atoms with E-state index in [1.54, 1.807) is 37.4 Å². The second-order valence-electron chi connectivity index (χ2n) is 10.5. The van der Waals surface area contributed by atoms with Crippen molar-refractivity contribution >= 4 is 34.8 Å². The number of nitrogens with one attached hydrogen (secondary N) is 3. The minimum atomic E-state index is -1.41. The van der Waals surface area contributed by atoms with Gasteiger partial charge in [0.1, 0.15) is 18.2 Å². The number of carbonyl (C=O) groups is 4. The van der Waals surface area contributed by atoms with E-state index in [0.29, 0.717) is 17.7 Å². The van der Waals surface area contributed by atoms with E-state index in [4.69, 9.17) is 15.2 Å². The number of fused-ring (bicyclic) bond motifs is 1. The monoisotopic (exact) mass is 584 g/mol. The topological polar surface area (TPSA) is 153 Å². The van der Waals surface area contributed by atoms with Crippen molar-refractivity contribution in [3.05, 3.63) is 107 Å². The highest BCUT2D eigenvalue weighted by molar-refractivity contribution is 5.94. The molecule has 5 N–H and O–H groups in total. The Kier molecular flexibility index (Phi) is 10.2. The number of aromatic amines is 1. The first-order chi connectivity index (χ1) is 20.7. The molecule has 0 aliphatic carbocycles. The zero-order chi connectivity index (χ0) is 30.8. The molecule has 0 unspecified atom stereocenters. The van der Waals surface area contributed by atoms with Crippen molar-refractivity contribution in [1.29, 1.82) is 0 Å². The van der Waals surface area contributed by atoms with Gasteiger partial charge < -0.3 is 30.8 Å². The average Bonchev–Trinajstić information content (AvgIpc) is 3.41. The van der Waals surface area contributed by atoms with Crippen molar-refractivity contribution < 1.29 is 28.7 Å². The number of carbonyl (C=O) groups excluding carboxylic acids is 4. The third-order valence-corrected chi connectivity index (χ3v) is 7.05. The highest BCUT2D eigenvalue weighted by Gasteiger charge is 2.36. The second kappa shape index (κ2) is 14.2. The van der Waals surface area contributed by atoms with Crippen molar-refractivity contribution in [3.8, 4) is 0 Å². The van der Waals surface area contributed by atoms with E-state index in [1.165, 1.54) is 0 Å². The van der Waals surface area contributed by atoms with Gasteiger partial charge in [-0.15, -0.1) is 0 Å². The number of alkyl carbamates (subject to hydrolysis) is 1. The predicted molar refractivity (Wildman–Crippen MR) is 162 cm³/mol. The number of nitrogens with two attached hydrogens (primary N) is 1. The molecule has 4 rings (SSSR count). The maximum Gasteiger partial charge on any atom is 0.408 e. The van der Waals surface area contributed by atoms with E-state index >= 15 is 0 Å². The number of amides is 3. The summed E-state index contributed by atoms with van der Waals surface area (Å²) in [5.74, 6) is -1.72. The molecule has 0 aliphatic rings. The summed E-state index contributed by atoms with van der Waals surface area (Å²) in [7, 11) is 0. The van der Waals surface area contributed by atoms with Crippen LogP contribution in [0, 0.1) is 0 Å². The number of esters is 1. The molecular formula is C33H36N4O6. The standard InChI is InChI=1S/C33H36N4O6/c1-3-17-42-30(39)24-15-13-23(14-16-24)21-43-32(41)36-28(18-25-20-35-27-12-8-7-11-26(25)27)29(38)37-33(2,31(34)40)19-22-9-5-4-6-10-22/h4-16,20,28,35H,3,17-19,21H2,1-2H3,(H2,34,40)(H,36,41)(H,37,38)/t28-,33+/m0/s1. The van der Waals surface area contributed by atoms with Crippen LogP contribution >= 0.6 is 0 Å². The number of benzene rings is 3. The molecule has 0 aliphatic heterocycles. The number of H-pyrrole nitrogens is 1. The van der Waals surface area contributed by atoms with Gasteiger partial charge in [0.2, 0.25) is 11.8 Å². The van der Waals surface area contributed by atoms with Gasteiger partial charge in [-0.25, -0.2) is 9.59 Å². The third-order valence-electron chi connectivity index (χ3n) is 7.05. The lowest BCUT2D eigenvalue weighted by Gasteiger charge is -2.30. The van der Waals surface area contributed by atoms with Crippen LogP contribution in [0.2, 0.25) is 0 Å². The first-order valence-electron chi connectivity index (χ1n) is 14.1. The van der Waals surface area contributed by atoms with Crippen molar-refractivity contribution in [2.75, 3.05) is 6.61 Å². The molecule has 0 radical (unpaired) electrons. The van der Waals surface area contributed by atoms with E-state index in [-0.39, 0.29) is 19.4 Å². The molecule has 10 heteroatoms. The van der Waals surface area contributed by atoms with Gasteiger partial charge in [0.05, 0.1) is 12.2 Å². The van der Waals surface area contributed by atoms with Crippen LogP contribution in [0.25, 0.3) is 10.9 Å². The maximum absolute atomic E-state index is 13.7. The highest BCUT2D eigenvalue weighted by atomic mass is 16.5. The number of hydrogen-bond acceptors (Lipinski definition) is 6. The number of aromatic nitrogens is 1. The van der Waals surface area contributed by atoms with Gasteiger partial charge >= 0.3 is 12.1 Å². The molecular weight excluding hydrogens is 548 g/mol. The fraction of sp³-hybridized carbons (Fsp3) is 0.273. The number of hydrogen-bond donors (Lipinski definition) is 4. The molecule has 3 aromatic carbocycles. The van der Waals surface area contributed by atoms with Crippen molar-refractivity contribution in [2.24, 2.45) is 5.73 Å². The van der Waals surface area contributed by atoms with Crippen LogP contribution in [0.4, 0.5) is 4.79 Å². The molecule has 0 bridgehead atoms. The number of para-hydroxylation sites is 1. The summed E-state index contributed by atoms with van der Waals surface area (Å²) in [5.41, 5.74) is 7.86. The Balaban J connectivity index is 1.47. The van der Waals surface area contributed by atoms with E-state index in [0.717, 1.165) is 28.5 Å². The second-order valence-corrected chi connectivity index (χ2v) is 10.5. The minimum Gasteiger partial charge on any atom is -0.462 e. The Morgan fingerprint density at radius 1 is 0.907 bits per heavy atom. The first kappa shape index (κ1) is 30.8. The van der Waals surface area contributed by atoms with Crippen LogP contribution in [0.5, 0.6) is 0 Å². The fourth-order valence-corrected chi connectivity index (χ4v) is 4.63. The van der Waals surface area contributed by atoms with E-state index < -0.39 is 35.5 Å². The lowest BCUT2D eigenvalue weighted by molar-refractivity contribution is -0.132. The summed E-state index contributed by atoms with van der Waals surface area (Å²) in [5, 5.41) is 6.33. The van der Waals surface area contributed by atoms with Crippen LogP contribution in [-0.2, 0) is 38.5 Å². The molecule has 4 aromatic rings. The summed E-state index contributed by atoms with van der Waals surface area (Å²) in [4.78, 5) is 54.3. The highest BCUT2D eigenvalue weighted by Crippen LogP contribution is 2.20. The third kappa shape index (κ3) is 8.22. The van der Waals surface area contributed by atoms with Gasteiger partial charge in [-0.2, -0.15) is 0 Å². The number of primary amides is 1. The number of ether oxygens (including phenoxy) is 2. The van der Waals surface area contributed by atoms with Gasteiger partial charge in [-0.1, -0.05) is 67.6 Å². The first-order valence-corrected chi connectivity index (χ1v) is 14.1. The summed E-state index contributed by atoms with van der Waals surface area (Å²) in [6, 6.07) is 22.2. The molecule has 224 valence electrons. The lowest BCUT2D eigenvalue weighted by atomic mass is 9.91. The maximum atomic E-state index is 13.7. The summed E-state index contributed by atoms with van der Waals surface area (Å²) < 4.78 is 10.5.